The van der Waals surface area contributed by atoms with Crippen LogP contribution < -0.4 is 15.4 Å². The molecule has 2 aliphatic rings. The summed E-state index contributed by atoms with van der Waals surface area (Å²) in [6.45, 7) is 3.51. The zero-order valence-electron chi connectivity index (χ0n) is 16.4. The predicted molar refractivity (Wildman–Crippen MR) is 106 cm³/mol. The van der Waals surface area contributed by atoms with Crippen LogP contribution >= 0.6 is 0 Å². The fourth-order valence-corrected chi connectivity index (χ4v) is 4.11. The molecular weight excluding hydrogens is 326 g/mol. The molecule has 6 heteroatoms. The van der Waals surface area contributed by atoms with Gasteiger partial charge in [0.1, 0.15) is 0 Å². The van der Waals surface area contributed by atoms with Crippen molar-refractivity contribution in [2.45, 2.75) is 70.1 Å². The number of hydrogen-bond donors (Lipinski definition) is 2. The van der Waals surface area contributed by atoms with Crippen LogP contribution in [0.3, 0.4) is 0 Å². The van der Waals surface area contributed by atoms with Gasteiger partial charge in [-0.25, -0.2) is 4.98 Å². The summed E-state index contributed by atoms with van der Waals surface area (Å²) in [4.78, 5) is 11.3. The van der Waals surface area contributed by atoms with E-state index in [2.05, 4.69) is 45.5 Å². The topological polar surface area (TPSA) is 61.8 Å². The molecule has 2 fully saturated rings. The number of aliphatic imine (C=N–C) groups is 1. The molecule has 2 N–H and O–H groups in total. The quantitative estimate of drug-likeness (QED) is 0.604. The van der Waals surface area contributed by atoms with E-state index in [9.17, 15) is 0 Å². The number of rotatable bonds is 6. The molecule has 3 heterocycles. The fraction of sp³-hybridized carbons (Fsp3) is 0.700. The van der Waals surface area contributed by atoms with Gasteiger partial charge in [-0.3, -0.25) is 4.99 Å². The van der Waals surface area contributed by atoms with Crippen molar-refractivity contribution in [3.05, 3.63) is 23.9 Å². The van der Waals surface area contributed by atoms with Crippen molar-refractivity contribution >= 4 is 5.96 Å². The maximum atomic E-state index is 5.53. The molecule has 6 nitrogen and oxygen atoms in total. The molecule has 3 rings (SSSR count). The number of guanidine groups is 1. The summed E-state index contributed by atoms with van der Waals surface area (Å²) in [5, 5.41) is 7.05. The molecule has 2 unspecified atom stereocenters. The van der Waals surface area contributed by atoms with Crippen molar-refractivity contribution in [1.29, 1.82) is 0 Å². The zero-order chi connectivity index (χ0) is 18.4. The molecule has 0 amide bonds. The number of fused-ring (bicyclic) bond motifs is 2. The first kappa shape index (κ1) is 19.0. The maximum absolute atomic E-state index is 5.53. The molecule has 0 saturated carbocycles. The van der Waals surface area contributed by atoms with Gasteiger partial charge < -0.3 is 20.3 Å². The monoisotopic (exact) mass is 359 g/mol. The van der Waals surface area contributed by atoms with Crippen LogP contribution in [0.25, 0.3) is 0 Å². The number of hydrogen-bond acceptors (Lipinski definition) is 4. The van der Waals surface area contributed by atoms with E-state index in [1.54, 1.807) is 0 Å². The third-order valence-corrected chi connectivity index (χ3v) is 5.62. The molecule has 2 aliphatic heterocycles. The Morgan fingerprint density at radius 3 is 2.69 bits per heavy atom. The summed E-state index contributed by atoms with van der Waals surface area (Å²) in [6, 6.07) is 5.94. The molecule has 0 aromatic carbocycles. The van der Waals surface area contributed by atoms with Gasteiger partial charge in [-0.05, 0) is 44.7 Å². The Morgan fingerprint density at radius 2 is 2.08 bits per heavy atom. The van der Waals surface area contributed by atoms with Gasteiger partial charge in [-0.2, -0.15) is 0 Å². The Kier molecular flexibility index (Phi) is 6.72. The van der Waals surface area contributed by atoms with Crippen LogP contribution in [0.1, 0.15) is 51.0 Å². The Balaban J connectivity index is 1.47. The van der Waals surface area contributed by atoms with E-state index < -0.39 is 0 Å². The van der Waals surface area contributed by atoms with Crippen LogP contribution in [0.5, 0.6) is 5.88 Å². The zero-order valence-corrected chi connectivity index (χ0v) is 16.4. The second kappa shape index (κ2) is 9.21. The van der Waals surface area contributed by atoms with Gasteiger partial charge in [0.05, 0.1) is 6.61 Å². The lowest BCUT2D eigenvalue weighted by Crippen LogP contribution is -2.56. The maximum Gasteiger partial charge on any atom is 0.213 e. The summed E-state index contributed by atoms with van der Waals surface area (Å²) < 4.78 is 5.53. The van der Waals surface area contributed by atoms with E-state index in [0.29, 0.717) is 25.1 Å². The minimum atomic E-state index is 0.510. The SMILES string of the molecule is CCCOc1ccc(CNC(=NC)NC2CC3CCCC(C2)N3C)cn1. The lowest BCUT2D eigenvalue weighted by molar-refractivity contribution is 0.0526. The van der Waals surface area contributed by atoms with Gasteiger partial charge >= 0.3 is 0 Å². The first-order valence-electron chi connectivity index (χ1n) is 9.96. The average Bonchev–Trinajstić information content (AvgIpc) is 2.65. The van der Waals surface area contributed by atoms with Gasteiger partial charge in [-0.1, -0.05) is 19.4 Å². The average molecular weight is 360 g/mol. The fourth-order valence-electron chi connectivity index (χ4n) is 4.11. The van der Waals surface area contributed by atoms with Crippen LogP contribution in [0, 0.1) is 0 Å². The summed E-state index contributed by atoms with van der Waals surface area (Å²) in [5.74, 6) is 1.57. The van der Waals surface area contributed by atoms with Crippen molar-refractivity contribution in [2.24, 2.45) is 4.99 Å². The molecule has 0 aliphatic carbocycles. The van der Waals surface area contributed by atoms with Crippen LogP contribution in [-0.2, 0) is 6.54 Å². The van der Waals surface area contributed by atoms with E-state index in [-0.39, 0.29) is 0 Å². The normalized spacial score (nSPS) is 26.4. The second-order valence-electron chi connectivity index (χ2n) is 7.50. The van der Waals surface area contributed by atoms with Crippen molar-refractivity contribution in [2.75, 3.05) is 20.7 Å². The Morgan fingerprint density at radius 1 is 1.31 bits per heavy atom. The first-order chi connectivity index (χ1) is 12.7. The summed E-state index contributed by atoms with van der Waals surface area (Å²) in [6.07, 6.45) is 9.31. The summed E-state index contributed by atoms with van der Waals surface area (Å²) >= 11 is 0. The van der Waals surface area contributed by atoms with Crippen LogP contribution in [-0.4, -0.2) is 54.7 Å². The Hall–Kier alpha value is -1.82. The lowest BCUT2D eigenvalue weighted by Gasteiger charge is -2.47. The van der Waals surface area contributed by atoms with E-state index in [4.69, 9.17) is 4.74 Å². The molecule has 26 heavy (non-hydrogen) atoms. The molecule has 144 valence electrons. The van der Waals surface area contributed by atoms with Crippen LogP contribution in [0.15, 0.2) is 23.3 Å². The van der Waals surface area contributed by atoms with Gasteiger partial charge in [0, 0.05) is 44.0 Å². The van der Waals surface area contributed by atoms with E-state index in [1.165, 1.54) is 32.1 Å². The highest BCUT2D eigenvalue weighted by atomic mass is 16.5. The smallest absolute Gasteiger partial charge is 0.213 e. The summed E-state index contributed by atoms with van der Waals surface area (Å²) in [5.41, 5.74) is 1.12. The van der Waals surface area contributed by atoms with Gasteiger partial charge in [0.25, 0.3) is 0 Å². The van der Waals surface area contributed by atoms with Crippen LogP contribution in [0.2, 0.25) is 0 Å². The third-order valence-electron chi connectivity index (χ3n) is 5.62. The third kappa shape index (κ3) is 4.87. The van der Waals surface area contributed by atoms with Crippen molar-refractivity contribution < 1.29 is 4.74 Å². The van der Waals surface area contributed by atoms with Crippen molar-refractivity contribution in [3.8, 4) is 5.88 Å². The van der Waals surface area contributed by atoms with Crippen LogP contribution in [0.4, 0.5) is 0 Å². The van der Waals surface area contributed by atoms with E-state index >= 15 is 0 Å². The molecule has 2 atom stereocenters. The number of ether oxygens (including phenoxy) is 1. The minimum Gasteiger partial charge on any atom is -0.478 e. The molecule has 2 saturated heterocycles. The second-order valence-corrected chi connectivity index (χ2v) is 7.50. The number of pyridine rings is 1. The Labute approximate surface area is 157 Å². The lowest BCUT2D eigenvalue weighted by atomic mass is 9.82. The molecular formula is C20H33N5O. The Bertz CT molecular complexity index is 574. The van der Waals surface area contributed by atoms with Crippen molar-refractivity contribution in [3.63, 3.8) is 0 Å². The van der Waals surface area contributed by atoms with Gasteiger partial charge in [0.15, 0.2) is 5.96 Å². The standard InChI is InChI=1S/C20H33N5O/c1-4-10-26-19-9-8-15(13-22-19)14-23-20(21-2)24-16-11-17-6-5-7-18(12-16)25(17)3/h8-9,13,16-18H,4-7,10-12,14H2,1-3H3,(H2,21,23,24). The van der Waals surface area contributed by atoms with Crippen molar-refractivity contribution in [1.82, 2.24) is 20.5 Å². The predicted octanol–water partition coefficient (Wildman–Crippen LogP) is 2.55. The number of nitrogens with one attached hydrogen (secondary N) is 2. The molecule has 1 aromatic heterocycles. The molecule has 0 radical (unpaired) electrons. The first-order valence-corrected chi connectivity index (χ1v) is 9.96. The number of aromatic nitrogens is 1. The highest BCUT2D eigenvalue weighted by molar-refractivity contribution is 5.79. The van der Waals surface area contributed by atoms with E-state index in [0.717, 1.165) is 30.0 Å². The van der Waals surface area contributed by atoms with Gasteiger partial charge in [-0.15, -0.1) is 0 Å². The molecule has 2 bridgehead atoms. The minimum absolute atomic E-state index is 0.510. The number of nitrogens with zero attached hydrogens (tertiary/aromatic N) is 3. The highest BCUT2D eigenvalue weighted by Crippen LogP contribution is 2.32. The largest absolute Gasteiger partial charge is 0.478 e. The van der Waals surface area contributed by atoms with Gasteiger partial charge in [0.2, 0.25) is 5.88 Å². The molecule has 0 spiro atoms. The summed E-state index contributed by atoms with van der Waals surface area (Å²) in [7, 11) is 4.13. The highest BCUT2D eigenvalue weighted by Gasteiger charge is 2.36. The molecule has 1 aromatic rings. The van der Waals surface area contributed by atoms with E-state index in [1.807, 2.05) is 19.3 Å². The number of piperidine rings is 2.